The molecule has 1 rings (SSSR count). The minimum Gasteiger partial charge on any atom is -0.481 e. The van der Waals surface area contributed by atoms with Crippen LogP contribution in [0.25, 0.3) is 0 Å². The number of nitrogens with two attached hydrogens (primary N) is 1. The molecule has 0 spiro atoms. The SMILES string of the molecule is NC(=O)C1CCCN1C(=O)NCCCC(=O)O. The lowest BCUT2D eigenvalue weighted by molar-refractivity contribution is -0.137. The predicted octanol–water partition coefficient (Wildman–Crippen LogP) is -0.489. The number of carboxylic acid groups (broad SMARTS) is 1. The summed E-state index contributed by atoms with van der Waals surface area (Å²) in [4.78, 5) is 34.4. The number of carboxylic acids is 1. The third kappa shape index (κ3) is 3.93. The van der Waals surface area contributed by atoms with E-state index >= 15 is 0 Å². The van der Waals surface area contributed by atoms with E-state index in [1.54, 1.807) is 0 Å². The van der Waals surface area contributed by atoms with E-state index < -0.39 is 17.9 Å². The number of nitrogens with zero attached hydrogens (tertiary/aromatic N) is 1. The third-order valence-corrected chi connectivity index (χ3v) is 2.69. The molecular weight excluding hydrogens is 226 g/mol. The first kappa shape index (κ1) is 13.3. The first-order chi connectivity index (χ1) is 8.02. The number of rotatable bonds is 5. The van der Waals surface area contributed by atoms with Crippen molar-refractivity contribution in [1.82, 2.24) is 10.2 Å². The Morgan fingerprint density at radius 2 is 2.12 bits per heavy atom. The van der Waals surface area contributed by atoms with E-state index in [-0.39, 0.29) is 19.0 Å². The Morgan fingerprint density at radius 3 is 2.71 bits per heavy atom. The van der Waals surface area contributed by atoms with Crippen molar-refractivity contribution < 1.29 is 19.5 Å². The Labute approximate surface area is 98.9 Å². The second-order valence-electron chi connectivity index (χ2n) is 3.98. The molecule has 1 saturated heterocycles. The average molecular weight is 243 g/mol. The second kappa shape index (κ2) is 6.07. The van der Waals surface area contributed by atoms with Gasteiger partial charge in [-0.3, -0.25) is 9.59 Å². The van der Waals surface area contributed by atoms with Gasteiger partial charge in [0.1, 0.15) is 6.04 Å². The number of amides is 3. The molecule has 7 nitrogen and oxygen atoms in total. The molecule has 0 aromatic carbocycles. The summed E-state index contributed by atoms with van der Waals surface area (Å²) >= 11 is 0. The summed E-state index contributed by atoms with van der Waals surface area (Å²) < 4.78 is 0. The standard InChI is InChI=1S/C10H17N3O4/c11-9(16)7-3-2-6-13(7)10(17)12-5-1-4-8(14)15/h7H,1-6H2,(H2,11,16)(H,12,17)(H,14,15). The Morgan fingerprint density at radius 1 is 1.41 bits per heavy atom. The smallest absolute Gasteiger partial charge is 0.318 e. The number of nitrogens with one attached hydrogen (secondary N) is 1. The predicted molar refractivity (Wildman–Crippen MR) is 59.2 cm³/mol. The first-order valence-electron chi connectivity index (χ1n) is 5.58. The molecule has 1 heterocycles. The molecule has 17 heavy (non-hydrogen) atoms. The van der Waals surface area contributed by atoms with Gasteiger partial charge in [-0.2, -0.15) is 0 Å². The molecule has 1 unspecified atom stereocenters. The zero-order valence-electron chi connectivity index (χ0n) is 9.52. The molecule has 1 aliphatic heterocycles. The van der Waals surface area contributed by atoms with Gasteiger partial charge < -0.3 is 21.1 Å². The first-order valence-corrected chi connectivity index (χ1v) is 5.58. The Bertz CT molecular complexity index is 319. The van der Waals surface area contributed by atoms with Crippen molar-refractivity contribution >= 4 is 17.9 Å². The molecule has 0 aromatic rings. The highest BCUT2D eigenvalue weighted by molar-refractivity contribution is 5.86. The van der Waals surface area contributed by atoms with Gasteiger partial charge in [0, 0.05) is 19.5 Å². The fourth-order valence-electron chi connectivity index (χ4n) is 1.84. The van der Waals surface area contributed by atoms with Crippen molar-refractivity contribution in [2.45, 2.75) is 31.7 Å². The highest BCUT2D eigenvalue weighted by Crippen LogP contribution is 2.16. The maximum absolute atomic E-state index is 11.7. The number of likely N-dealkylation sites (tertiary alicyclic amines) is 1. The van der Waals surface area contributed by atoms with Crippen LogP contribution in [0.15, 0.2) is 0 Å². The largest absolute Gasteiger partial charge is 0.481 e. The summed E-state index contributed by atoms with van der Waals surface area (Å²) in [6, 6.07) is -0.883. The average Bonchev–Trinajstić information content (AvgIpc) is 2.72. The maximum Gasteiger partial charge on any atom is 0.318 e. The lowest BCUT2D eigenvalue weighted by Crippen LogP contribution is -2.48. The number of primary amides is 1. The summed E-state index contributed by atoms with van der Waals surface area (Å²) in [6.07, 6.45) is 1.74. The summed E-state index contributed by atoms with van der Waals surface area (Å²) in [6.45, 7) is 0.797. The minimum absolute atomic E-state index is 0.0134. The van der Waals surface area contributed by atoms with E-state index in [4.69, 9.17) is 10.8 Å². The molecule has 0 radical (unpaired) electrons. The van der Waals surface area contributed by atoms with Crippen molar-refractivity contribution in [3.8, 4) is 0 Å². The second-order valence-corrected chi connectivity index (χ2v) is 3.98. The molecule has 1 fully saturated rings. The lowest BCUT2D eigenvalue weighted by atomic mass is 10.2. The minimum atomic E-state index is -0.893. The van der Waals surface area contributed by atoms with E-state index in [9.17, 15) is 14.4 Å². The Hall–Kier alpha value is -1.79. The fourth-order valence-corrected chi connectivity index (χ4v) is 1.84. The van der Waals surface area contributed by atoms with Gasteiger partial charge in [0.2, 0.25) is 5.91 Å². The van der Waals surface area contributed by atoms with Gasteiger partial charge in [-0.25, -0.2) is 4.79 Å². The van der Waals surface area contributed by atoms with Crippen LogP contribution in [0.2, 0.25) is 0 Å². The maximum atomic E-state index is 11.7. The molecule has 4 N–H and O–H groups in total. The molecule has 1 atom stereocenters. The van der Waals surface area contributed by atoms with Crippen LogP contribution in [0.4, 0.5) is 4.79 Å². The van der Waals surface area contributed by atoms with Crippen LogP contribution in [-0.4, -0.2) is 47.0 Å². The number of carbonyl (C=O) groups is 3. The van der Waals surface area contributed by atoms with Crippen LogP contribution in [-0.2, 0) is 9.59 Å². The van der Waals surface area contributed by atoms with Crippen LogP contribution >= 0.6 is 0 Å². The van der Waals surface area contributed by atoms with Gasteiger partial charge >= 0.3 is 12.0 Å². The summed E-state index contributed by atoms with van der Waals surface area (Å²) in [5.41, 5.74) is 5.18. The molecule has 7 heteroatoms. The van der Waals surface area contributed by atoms with Crippen LogP contribution in [0, 0.1) is 0 Å². The van der Waals surface area contributed by atoms with Gasteiger partial charge in [-0.1, -0.05) is 0 Å². The van der Waals surface area contributed by atoms with Crippen molar-refractivity contribution in [3.63, 3.8) is 0 Å². The number of urea groups is 1. The molecular formula is C10H17N3O4. The number of aliphatic carboxylic acids is 1. The summed E-state index contributed by atoms with van der Waals surface area (Å²) in [7, 11) is 0. The van der Waals surface area contributed by atoms with Gasteiger partial charge in [0.25, 0.3) is 0 Å². The highest BCUT2D eigenvalue weighted by atomic mass is 16.4. The normalized spacial score (nSPS) is 19.1. The molecule has 3 amide bonds. The van der Waals surface area contributed by atoms with Gasteiger partial charge in [-0.15, -0.1) is 0 Å². The zero-order valence-corrected chi connectivity index (χ0v) is 9.52. The zero-order chi connectivity index (χ0) is 12.8. The Kier molecular flexibility index (Phi) is 4.74. The van der Waals surface area contributed by atoms with Gasteiger partial charge in [-0.05, 0) is 19.3 Å². The Balaban J connectivity index is 2.32. The number of hydrogen-bond donors (Lipinski definition) is 3. The molecule has 0 saturated carbocycles. The highest BCUT2D eigenvalue weighted by Gasteiger charge is 2.32. The molecule has 96 valence electrons. The van der Waals surface area contributed by atoms with Crippen molar-refractivity contribution in [1.29, 1.82) is 0 Å². The van der Waals surface area contributed by atoms with E-state index in [1.165, 1.54) is 4.90 Å². The van der Waals surface area contributed by atoms with Crippen LogP contribution in [0.3, 0.4) is 0 Å². The third-order valence-electron chi connectivity index (χ3n) is 2.69. The quantitative estimate of drug-likeness (QED) is 0.565. The number of carbonyl (C=O) groups excluding carboxylic acids is 2. The van der Waals surface area contributed by atoms with Gasteiger partial charge in [0.05, 0.1) is 0 Å². The fraction of sp³-hybridized carbons (Fsp3) is 0.700. The van der Waals surface area contributed by atoms with Gasteiger partial charge in [0.15, 0.2) is 0 Å². The van der Waals surface area contributed by atoms with E-state index in [0.29, 0.717) is 19.4 Å². The summed E-state index contributed by atoms with van der Waals surface area (Å²) in [5.74, 6) is -1.39. The van der Waals surface area contributed by atoms with E-state index in [1.807, 2.05) is 0 Å². The number of hydrogen-bond acceptors (Lipinski definition) is 3. The van der Waals surface area contributed by atoms with E-state index in [0.717, 1.165) is 6.42 Å². The van der Waals surface area contributed by atoms with Crippen LogP contribution in [0.1, 0.15) is 25.7 Å². The van der Waals surface area contributed by atoms with Crippen LogP contribution in [0.5, 0.6) is 0 Å². The summed E-state index contributed by atoms with van der Waals surface area (Å²) in [5, 5.41) is 11.0. The monoisotopic (exact) mass is 243 g/mol. The van der Waals surface area contributed by atoms with Crippen molar-refractivity contribution in [3.05, 3.63) is 0 Å². The van der Waals surface area contributed by atoms with Crippen LogP contribution < -0.4 is 11.1 Å². The topological polar surface area (TPSA) is 113 Å². The van der Waals surface area contributed by atoms with Crippen molar-refractivity contribution in [2.75, 3.05) is 13.1 Å². The molecule has 0 aliphatic carbocycles. The molecule has 0 aromatic heterocycles. The molecule has 1 aliphatic rings. The van der Waals surface area contributed by atoms with E-state index in [2.05, 4.69) is 5.32 Å². The van der Waals surface area contributed by atoms with Crippen molar-refractivity contribution in [2.24, 2.45) is 5.73 Å². The molecule has 0 bridgehead atoms. The lowest BCUT2D eigenvalue weighted by Gasteiger charge is -2.22.